The minimum atomic E-state index is 0. The van der Waals surface area contributed by atoms with E-state index in [0.717, 1.165) is 12.3 Å². The molecule has 0 unspecified atom stereocenters. The molecule has 9 heavy (non-hydrogen) atoms. The van der Waals surface area contributed by atoms with E-state index in [1.807, 2.05) is 0 Å². The summed E-state index contributed by atoms with van der Waals surface area (Å²) in [6.07, 6.45) is 2.31. The molecule has 0 aliphatic heterocycles. The Morgan fingerprint density at radius 1 is 1.33 bits per heavy atom. The van der Waals surface area contributed by atoms with Crippen LogP contribution in [0.1, 0.15) is 26.7 Å². The molecule has 0 spiro atoms. The van der Waals surface area contributed by atoms with Gasteiger partial charge in [-0.3, -0.25) is 0 Å². The Morgan fingerprint density at radius 3 is 1.89 bits per heavy atom. The van der Waals surface area contributed by atoms with Gasteiger partial charge < -0.3 is 24.0 Å². The van der Waals surface area contributed by atoms with Gasteiger partial charge in [0.2, 0.25) is 0 Å². The van der Waals surface area contributed by atoms with Crippen LogP contribution in [-0.4, -0.2) is 5.88 Å². The van der Waals surface area contributed by atoms with Gasteiger partial charge >= 0.3 is 0 Å². The number of alkyl halides is 1. The summed E-state index contributed by atoms with van der Waals surface area (Å²) >= 11 is 5.43. The number of rotatable bonds is 3. The van der Waals surface area contributed by atoms with Crippen LogP contribution in [0.25, 0.3) is 0 Å². The third-order valence-corrected chi connectivity index (χ3v) is 1.08. The van der Waals surface area contributed by atoms with E-state index >= 15 is 0 Å². The maximum Gasteiger partial charge on any atom is 0.0223 e. The molecular formula is C6H12ClIZn-. The zero-order valence-electron chi connectivity index (χ0n) is 6.08. The summed E-state index contributed by atoms with van der Waals surface area (Å²) < 4.78 is 0. The molecule has 0 fully saturated rings. The van der Waals surface area contributed by atoms with E-state index in [9.17, 15) is 0 Å². The van der Waals surface area contributed by atoms with Crippen LogP contribution in [0, 0.1) is 5.92 Å². The first-order chi connectivity index (χ1) is 3.27. The van der Waals surface area contributed by atoms with E-state index in [-0.39, 0.29) is 43.5 Å². The van der Waals surface area contributed by atoms with E-state index in [4.69, 9.17) is 11.6 Å². The minimum Gasteiger partial charge on any atom is -1.00 e. The Morgan fingerprint density at radius 2 is 1.78 bits per heavy atom. The largest absolute Gasteiger partial charge is 1.00 e. The second kappa shape index (κ2) is 12.3. The normalized spacial score (nSPS) is 8.00. The van der Waals surface area contributed by atoms with Crippen molar-refractivity contribution in [2.75, 3.05) is 5.88 Å². The molecule has 0 aromatic rings. The van der Waals surface area contributed by atoms with Gasteiger partial charge in [-0.05, 0) is 18.8 Å². The van der Waals surface area contributed by atoms with Gasteiger partial charge in [-0.25, -0.2) is 0 Å². The first-order valence-electron chi connectivity index (χ1n) is 2.62. The predicted octanol–water partition coefficient (Wildman–Crippen LogP) is -0.379. The van der Waals surface area contributed by atoms with Crippen molar-refractivity contribution in [2.24, 2.45) is 0 Å². The van der Waals surface area contributed by atoms with E-state index < -0.39 is 0 Å². The molecular weight excluding hydrogens is 300 g/mol. The minimum absolute atomic E-state index is 0. The first kappa shape index (κ1) is 16.9. The van der Waals surface area contributed by atoms with E-state index in [2.05, 4.69) is 13.8 Å². The summed E-state index contributed by atoms with van der Waals surface area (Å²) in [5, 5.41) is 0. The van der Waals surface area contributed by atoms with Gasteiger partial charge in [0.1, 0.15) is 0 Å². The zero-order chi connectivity index (χ0) is 5.70. The molecule has 3 heteroatoms. The first-order valence-corrected chi connectivity index (χ1v) is 3.16. The molecule has 1 radical (unpaired) electrons. The van der Waals surface area contributed by atoms with Gasteiger partial charge in [-0.2, -0.15) is 0 Å². The van der Waals surface area contributed by atoms with Crippen LogP contribution >= 0.6 is 11.6 Å². The van der Waals surface area contributed by atoms with Crippen molar-refractivity contribution in [1.29, 1.82) is 0 Å². The quantitative estimate of drug-likeness (QED) is 0.379. The van der Waals surface area contributed by atoms with E-state index in [1.54, 1.807) is 0 Å². The Kier molecular flexibility index (Phi) is 23.2. The van der Waals surface area contributed by atoms with E-state index in [0.29, 0.717) is 0 Å². The smallest absolute Gasteiger partial charge is 0.0223 e. The Hall–Kier alpha value is 1.64. The van der Waals surface area contributed by atoms with Crippen molar-refractivity contribution in [2.45, 2.75) is 26.7 Å². The topological polar surface area (TPSA) is 0 Å². The van der Waals surface area contributed by atoms with Crippen LogP contribution in [0.2, 0.25) is 0 Å². The van der Waals surface area contributed by atoms with Crippen molar-refractivity contribution in [3.8, 4) is 0 Å². The fourth-order valence-electron chi connectivity index (χ4n) is 0.420. The van der Waals surface area contributed by atoms with Crippen LogP contribution < -0.4 is 24.0 Å². The summed E-state index contributed by atoms with van der Waals surface area (Å²) in [6.45, 7) is 4.26. The Bertz CT molecular complexity index is 42.0. The van der Waals surface area contributed by atoms with Crippen LogP contribution in [0.5, 0.6) is 0 Å². The third-order valence-electron chi connectivity index (χ3n) is 0.810. The van der Waals surface area contributed by atoms with Crippen molar-refractivity contribution >= 4 is 11.6 Å². The van der Waals surface area contributed by atoms with Crippen molar-refractivity contribution in [1.82, 2.24) is 0 Å². The van der Waals surface area contributed by atoms with Gasteiger partial charge in [-0.1, -0.05) is 13.8 Å². The van der Waals surface area contributed by atoms with Crippen molar-refractivity contribution in [3.63, 3.8) is 0 Å². The Balaban J connectivity index is -0.000000180. The number of hydrogen-bond acceptors (Lipinski definition) is 0. The average Bonchev–Trinajstić information content (AvgIpc) is 1.61. The van der Waals surface area contributed by atoms with Crippen LogP contribution in [0.3, 0.4) is 0 Å². The summed E-state index contributed by atoms with van der Waals surface area (Å²) in [6, 6.07) is 0. The summed E-state index contributed by atoms with van der Waals surface area (Å²) in [7, 11) is 0. The molecule has 53 valence electrons. The van der Waals surface area contributed by atoms with Gasteiger partial charge in [-0.15, -0.1) is 11.6 Å². The maximum atomic E-state index is 5.43. The molecule has 0 atom stereocenters. The molecule has 0 aliphatic rings. The van der Waals surface area contributed by atoms with Gasteiger partial charge in [0.05, 0.1) is 0 Å². The molecule has 0 nitrogen and oxygen atoms in total. The van der Waals surface area contributed by atoms with Crippen molar-refractivity contribution in [3.05, 3.63) is 5.92 Å². The molecule has 0 aromatic heterocycles. The molecule has 0 amide bonds. The molecule has 0 N–H and O–H groups in total. The summed E-state index contributed by atoms with van der Waals surface area (Å²) in [4.78, 5) is 0. The number of halogens is 2. The Labute approximate surface area is 92.9 Å². The molecule has 0 saturated heterocycles. The van der Waals surface area contributed by atoms with Crippen LogP contribution in [0.15, 0.2) is 0 Å². The molecule has 0 heterocycles. The molecule has 0 aliphatic carbocycles. The van der Waals surface area contributed by atoms with E-state index in [1.165, 1.54) is 12.3 Å². The van der Waals surface area contributed by atoms with Crippen LogP contribution in [-0.2, 0) is 19.5 Å². The molecule has 0 rings (SSSR count). The average molecular weight is 312 g/mol. The number of hydrogen-bond donors (Lipinski definition) is 0. The van der Waals surface area contributed by atoms with Crippen molar-refractivity contribution < 1.29 is 43.5 Å². The van der Waals surface area contributed by atoms with Gasteiger partial charge in [0.15, 0.2) is 0 Å². The molecule has 0 saturated carbocycles. The second-order valence-electron chi connectivity index (χ2n) is 2.00. The zero-order valence-corrected chi connectivity index (χ0v) is 12.0. The fourth-order valence-corrected chi connectivity index (χ4v) is 0.554. The standard InChI is InChI=1S/C6H12Cl.HI.Zn/c1-6(2)4-3-5-7;;/h3-5H2,1-2H3;1H;/p-1. The monoisotopic (exact) mass is 310 g/mol. The van der Waals surface area contributed by atoms with Gasteiger partial charge in [0, 0.05) is 25.4 Å². The second-order valence-corrected chi connectivity index (χ2v) is 2.38. The van der Waals surface area contributed by atoms with Crippen LogP contribution in [0.4, 0.5) is 0 Å². The summed E-state index contributed by atoms with van der Waals surface area (Å²) in [5.74, 6) is 2.27. The third kappa shape index (κ3) is 17.7. The molecule has 0 bridgehead atoms. The molecule has 0 aromatic carbocycles. The van der Waals surface area contributed by atoms with Gasteiger partial charge in [0.25, 0.3) is 0 Å². The maximum absolute atomic E-state index is 5.43. The summed E-state index contributed by atoms with van der Waals surface area (Å²) in [5.41, 5.74) is 0. The fraction of sp³-hybridized carbons (Fsp3) is 0.833. The predicted molar refractivity (Wildman–Crippen MR) is 34.5 cm³/mol. The SMILES string of the molecule is C[C](C)CCCCl.[I-].[Zn].